The van der Waals surface area contributed by atoms with E-state index >= 15 is 0 Å². The largest absolute Gasteiger partial charge is 0.502 e. The van der Waals surface area contributed by atoms with Gasteiger partial charge in [0.15, 0.2) is 0 Å². The van der Waals surface area contributed by atoms with E-state index in [1.807, 2.05) is 29.2 Å². The molecule has 2 aliphatic rings. The first-order valence-electron chi connectivity index (χ1n) is 8.56. The normalized spacial score (nSPS) is 19.2. The molecule has 0 bridgehead atoms. The summed E-state index contributed by atoms with van der Waals surface area (Å²) in [6.07, 6.45) is -0.629. The number of carbonyl (C=O) groups excluding carboxylic acids is 2. The van der Waals surface area contributed by atoms with Crippen molar-refractivity contribution in [3.63, 3.8) is 0 Å². The van der Waals surface area contributed by atoms with E-state index in [-0.39, 0.29) is 6.54 Å². The lowest BCUT2D eigenvalue weighted by molar-refractivity contribution is -0.535. The van der Waals surface area contributed by atoms with Crippen LogP contribution in [0.15, 0.2) is 53.6 Å². The molecule has 1 saturated heterocycles. The van der Waals surface area contributed by atoms with Gasteiger partial charge in [-0.3, -0.25) is 9.69 Å². The van der Waals surface area contributed by atoms with Gasteiger partial charge >= 0.3 is 11.8 Å². The van der Waals surface area contributed by atoms with Gasteiger partial charge in [0.05, 0.1) is 12.7 Å². The minimum atomic E-state index is -0.744. The maximum atomic E-state index is 14.0. The molecule has 0 N–H and O–H groups in total. The van der Waals surface area contributed by atoms with Crippen molar-refractivity contribution >= 4 is 17.5 Å². The molecular weight excluding hydrogens is 351 g/mol. The molecule has 4 rings (SSSR count). The van der Waals surface area contributed by atoms with E-state index in [9.17, 15) is 14.0 Å². The molecule has 1 unspecified atom stereocenters. The number of fused-ring (bicyclic) bond motifs is 1. The first kappa shape index (κ1) is 17.1. The quantitative estimate of drug-likeness (QED) is 0.611. The van der Waals surface area contributed by atoms with Gasteiger partial charge in [0, 0.05) is 23.9 Å². The predicted molar refractivity (Wildman–Crippen MR) is 93.6 cm³/mol. The lowest BCUT2D eigenvalue weighted by atomic mass is 10.2. The summed E-state index contributed by atoms with van der Waals surface area (Å²) in [5.74, 6) is -1.08. The molecule has 7 nitrogen and oxygen atoms in total. The van der Waals surface area contributed by atoms with E-state index in [1.54, 1.807) is 25.3 Å². The molecular formula is C19H18FN4O3+. The van der Waals surface area contributed by atoms with Gasteiger partial charge < -0.3 is 9.64 Å². The number of nitrogens with zero attached hydrogens (tertiary/aromatic N) is 4. The van der Waals surface area contributed by atoms with E-state index in [1.165, 1.54) is 11.0 Å². The van der Waals surface area contributed by atoms with Gasteiger partial charge in [-0.1, -0.05) is 12.1 Å². The average molecular weight is 369 g/mol. The van der Waals surface area contributed by atoms with Crippen LogP contribution in [0.1, 0.15) is 5.56 Å². The van der Waals surface area contributed by atoms with Crippen molar-refractivity contribution in [3.8, 4) is 5.75 Å². The zero-order valence-corrected chi connectivity index (χ0v) is 14.7. The van der Waals surface area contributed by atoms with Gasteiger partial charge in [0.2, 0.25) is 6.54 Å². The first-order chi connectivity index (χ1) is 13.1. The molecule has 2 aromatic carbocycles. The van der Waals surface area contributed by atoms with Crippen LogP contribution < -0.4 is 9.64 Å². The third-order valence-corrected chi connectivity index (χ3v) is 4.74. The van der Waals surface area contributed by atoms with Crippen LogP contribution >= 0.6 is 0 Å². The van der Waals surface area contributed by atoms with Gasteiger partial charge in [0.1, 0.15) is 11.6 Å². The fourth-order valence-corrected chi connectivity index (χ4v) is 3.29. The lowest BCUT2D eigenvalue weighted by Gasteiger charge is -2.27. The molecule has 0 saturated carbocycles. The molecule has 27 heavy (non-hydrogen) atoms. The molecule has 2 amide bonds. The molecule has 2 aliphatic heterocycles. The SMILES string of the molecule is COc1ccc(N2CCN3C(=O)C(=O)[N+](Cc4ccccc4F)=NC32)cc1. The summed E-state index contributed by atoms with van der Waals surface area (Å²) in [7, 11) is 1.59. The Morgan fingerprint density at radius 1 is 1.11 bits per heavy atom. The highest BCUT2D eigenvalue weighted by molar-refractivity contribution is 6.31. The van der Waals surface area contributed by atoms with Crippen LogP contribution in [0.2, 0.25) is 0 Å². The van der Waals surface area contributed by atoms with Crippen molar-refractivity contribution in [2.24, 2.45) is 5.11 Å². The number of anilines is 1. The molecule has 8 heteroatoms. The Hall–Kier alpha value is -3.29. The zero-order chi connectivity index (χ0) is 19.0. The van der Waals surface area contributed by atoms with Crippen molar-refractivity contribution in [2.75, 3.05) is 25.1 Å². The topological polar surface area (TPSA) is 65.2 Å². The predicted octanol–water partition coefficient (Wildman–Crippen LogP) is 1.97. The Kier molecular flexibility index (Phi) is 4.31. The van der Waals surface area contributed by atoms with E-state index < -0.39 is 23.9 Å². The highest BCUT2D eigenvalue weighted by atomic mass is 19.1. The number of ether oxygens (including phenoxy) is 1. The molecule has 2 aromatic rings. The van der Waals surface area contributed by atoms with E-state index in [0.29, 0.717) is 18.7 Å². The van der Waals surface area contributed by atoms with Gasteiger partial charge in [-0.15, -0.1) is 0 Å². The van der Waals surface area contributed by atoms with Crippen molar-refractivity contribution in [1.29, 1.82) is 0 Å². The number of benzene rings is 2. The minimum Gasteiger partial charge on any atom is -0.497 e. The highest BCUT2D eigenvalue weighted by Crippen LogP contribution is 2.28. The fourth-order valence-electron chi connectivity index (χ4n) is 3.29. The third kappa shape index (κ3) is 3.03. The van der Waals surface area contributed by atoms with Crippen LogP contribution in [0, 0.1) is 5.82 Å². The molecule has 1 fully saturated rings. The van der Waals surface area contributed by atoms with E-state index in [2.05, 4.69) is 5.11 Å². The maximum absolute atomic E-state index is 14.0. The first-order valence-corrected chi connectivity index (χ1v) is 8.56. The molecule has 0 aliphatic carbocycles. The summed E-state index contributed by atoms with van der Waals surface area (Å²) in [4.78, 5) is 28.3. The van der Waals surface area contributed by atoms with Crippen LogP contribution in [0.5, 0.6) is 5.75 Å². The number of halogens is 1. The Morgan fingerprint density at radius 2 is 1.81 bits per heavy atom. The standard InChI is InChI=1S/C19H18FN4O3/c1-27-15-8-6-14(7-9-15)22-10-11-23-17(25)18(26)24(21-19(22)23)12-13-4-2-3-5-16(13)20/h2-9,19H,10-12H2,1H3/q+1. The second-order valence-electron chi connectivity index (χ2n) is 6.31. The smallest absolute Gasteiger partial charge is 0.497 e. The van der Waals surface area contributed by atoms with Crippen LogP contribution in [0.3, 0.4) is 0 Å². The Labute approximate surface area is 155 Å². The molecule has 0 spiro atoms. The minimum absolute atomic E-state index is 0.0853. The summed E-state index contributed by atoms with van der Waals surface area (Å²) in [6.45, 7) is 0.864. The number of hydrogen-bond donors (Lipinski definition) is 0. The zero-order valence-electron chi connectivity index (χ0n) is 14.7. The Bertz CT molecular complexity index is 929. The molecule has 138 valence electrons. The Morgan fingerprint density at radius 3 is 2.52 bits per heavy atom. The number of azo groups is 2. The number of rotatable bonds is 4. The Balaban J connectivity index is 1.66. The number of amides is 2. The van der Waals surface area contributed by atoms with Gasteiger partial charge in [-0.2, -0.15) is 0 Å². The van der Waals surface area contributed by atoms with Crippen molar-refractivity contribution in [3.05, 3.63) is 59.9 Å². The van der Waals surface area contributed by atoms with Crippen LogP contribution in [0.4, 0.5) is 10.1 Å². The number of carbonyl (C=O) groups is 2. The van der Waals surface area contributed by atoms with Crippen molar-refractivity contribution in [2.45, 2.75) is 12.8 Å². The third-order valence-electron chi connectivity index (χ3n) is 4.74. The number of hydrogen-bond acceptors (Lipinski definition) is 5. The summed E-state index contributed by atoms with van der Waals surface area (Å²) >= 11 is 0. The highest BCUT2D eigenvalue weighted by Gasteiger charge is 2.49. The fraction of sp³-hybridized carbons (Fsp3) is 0.263. The number of methoxy groups -OCH3 is 1. The second kappa shape index (κ2) is 6.79. The lowest BCUT2D eigenvalue weighted by Crippen LogP contribution is -2.51. The van der Waals surface area contributed by atoms with Gasteiger partial charge in [-0.05, 0) is 41.1 Å². The van der Waals surface area contributed by atoms with Crippen LogP contribution in [-0.2, 0) is 16.1 Å². The second-order valence-corrected chi connectivity index (χ2v) is 6.31. The van der Waals surface area contributed by atoms with Crippen LogP contribution in [0.25, 0.3) is 0 Å². The molecule has 0 radical (unpaired) electrons. The maximum Gasteiger partial charge on any atom is 0.502 e. The summed E-state index contributed by atoms with van der Waals surface area (Å²) in [6, 6.07) is 13.5. The van der Waals surface area contributed by atoms with Crippen molar-refractivity contribution < 1.29 is 23.4 Å². The monoisotopic (exact) mass is 369 g/mol. The van der Waals surface area contributed by atoms with Crippen molar-refractivity contribution in [1.82, 2.24) is 4.90 Å². The average Bonchev–Trinajstić information content (AvgIpc) is 3.11. The van der Waals surface area contributed by atoms with E-state index in [0.717, 1.165) is 16.1 Å². The van der Waals surface area contributed by atoms with E-state index in [4.69, 9.17) is 4.74 Å². The van der Waals surface area contributed by atoms with Crippen LogP contribution in [-0.4, -0.2) is 47.9 Å². The molecule has 1 atom stereocenters. The summed E-state index contributed by atoms with van der Waals surface area (Å²) < 4.78 is 20.2. The van der Waals surface area contributed by atoms with Gasteiger partial charge in [0.25, 0.3) is 6.29 Å². The summed E-state index contributed by atoms with van der Waals surface area (Å²) in [5.41, 5.74) is 1.17. The molecule has 2 heterocycles. The van der Waals surface area contributed by atoms with Gasteiger partial charge in [-0.25, -0.2) is 9.18 Å². The molecule has 0 aromatic heterocycles. The summed E-state index contributed by atoms with van der Waals surface area (Å²) in [5, 5.41) is 4.43.